The number of rotatable bonds is 4. The molecule has 2 heterocycles. The summed E-state index contributed by atoms with van der Waals surface area (Å²) >= 11 is 1.39. The van der Waals surface area contributed by atoms with Crippen LogP contribution in [0.25, 0.3) is 0 Å². The minimum Gasteiger partial charge on any atom is -0.348 e. The molecule has 0 unspecified atom stereocenters. The molecule has 1 fully saturated rings. The molecule has 4 rings (SSSR count). The van der Waals surface area contributed by atoms with Crippen LogP contribution in [0.2, 0.25) is 0 Å². The number of sulfone groups is 1. The Hall–Kier alpha value is -2.26. The molecule has 2 atom stereocenters. The van der Waals surface area contributed by atoms with Crippen molar-refractivity contribution in [1.82, 2.24) is 5.32 Å². The van der Waals surface area contributed by atoms with Crippen molar-refractivity contribution in [2.45, 2.75) is 38.6 Å². The van der Waals surface area contributed by atoms with Crippen LogP contribution >= 0.6 is 11.3 Å². The van der Waals surface area contributed by atoms with E-state index in [-0.39, 0.29) is 17.4 Å². The van der Waals surface area contributed by atoms with Crippen molar-refractivity contribution in [3.05, 3.63) is 51.7 Å². The van der Waals surface area contributed by atoms with Crippen LogP contribution in [0.5, 0.6) is 0 Å². The Morgan fingerprint density at radius 3 is 2.53 bits per heavy atom. The van der Waals surface area contributed by atoms with Gasteiger partial charge in [0.2, 0.25) is 0 Å². The molecular formula is C21H23FN2O4S2. The Balaban J connectivity index is 1.62. The highest BCUT2D eigenvalue weighted by Crippen LogP contribution is 2.40. The summed E-state index contributed by atoms with van der Waals surface area (Å²) in [6.07, 6.45) is 2.93. The molecule has 1 aromatic heterocycles. The van der Waals surface area contributed by atoms with E-state index in [0.29, 0.717) is 28.5 Å². The summed E-state index contributed by atoms with van der Waals surface area (Å²) in [6, 6.07) is 4.79. The van der Waals surface area contributed by atoms with Crippen molar-refractivity contribution in [3.63, 3.8) is 0 Å². The van der Waals surface area contributed by atoms with Crippen LogP contribution in [-0.2, 0) is 22.7 Å². The van der Waals surface area contributed by atoms with Gasteiger partial charge in [0.15, 0.2) is 9.84 Å². The first-order valence-corrected chi connectivity index (χ1v) is 12.6. The number of halogens is 1. The molecular weight excluding hydrogens is 427 g/mol. The van der Waals surface area contributed by atoms with E-state index < -0.39 is 27.6 Å². The lowest BCUT2D eigenvalue weighted by Gasteiger charge is -2.19. The molecule has 1 aliphatic carbocycles. The number of carbonyl (C=O) groups is 2. The van der Waals surface area contributed by atoms with Gasteiger partial charge in [-0.1, -0.05) is 6.92 Å². The van der Waals surface area contributed by atoms with Gasteiger partial charge in [-0.05, 0) is 61.4 Å². The molecule has 2 amide bonds. The van der Waals surface area contributed by atoms with E-state index in [0.717, 1.165) is 29.7 Å². The predicted molar refractivity (Wildman–Crippen MR) is 114 cm³/mol. The molecule has 0 bridgehead atoms. The van der Waals surface area contributed by atoms with Crippen molar-refractivity contribution in [3.8, 4) is 0 Å². The molecule has 1 aliphatic heterocycles. The zero-order valence-electron chi connectivity index (χ0n) is 16.5. The quantitative estimate of drug-likeness (QED) is 0.748. The third-order valence-electron chi connectivity index (χ3n) is 5.64. The summed E-state index contributed by atoms with van der Waals surface area (Å²) in [5.41, 5.74) is 1.66. The van der Waals surface area contributed by atoms with Gasteiger partial charge in [0.25, 0.3) is 11.8 Å². The SMILES string of the molecule is C[C@H]1CCc2c(sc(NC(=O)c3ccc(F)cc3)c2C(=O)N[C@H]2CCS(=O)(=O)C2)C1. The normalized spacial score (nSPS) is 22.3. The fourth-order valence-corrected chi connectivity index (χ4v) is 7.10. The summed E-state index contributed by atoms with van der Waals surface area (Å²) < 4.78 is 36.6. The second kappa shape index (κ2) is 8.11. The van der Waals surface area contributed by atoms with Gasteiger partial charge >= 0.3 is 0 Å². The molecule has 0 saturated carbocycles. The molecule has 1 aromatic carbocycles. The van der Waals surface area contributed by atoms with Crippen LogP contribution in [0.1, 0.15) is 50.9 Å². The third kappa shape index (κ3) is 4.41. The van der Waals surface area contributed by atoms with Crippen molar-refractivity contribution >= 4 is 38.0 Å². The molecule has 160 valence electrons. The smallest absolute Gasteiger partial charge is 0.256 e. The second-order valence-electron chi connectivity index (χ2n) is 8.09. The number of amides is 2. The zero-order valence-corrected chi connectivity index (χ0v) is 18.2. The largest absolute Gasteiger partial charge is 0.348 e. The highest BCUT2D eigenvalue weighted by molar-refractivity contribution is 7.91. The van der Waals surface area contributed by atoms with Crippen LogP contribution in [0.4, 0.5) is 9.39 Å². The van der Waals surface area contributed by atoms with Gasteiger partial charge in [-0.3, -0.25) is 9.59 Å². The average Bonchev–Trinajstić information content (AvgIpc) is 3.20. The van der Waals surface area contributed by atoms with Gasteiger partial charge < -0.3 is 10.6 Å². The summed E-state index contributed by atoms with van der Waals surface area (Å²) in [7, 11) is -3.12. The maximum Gasteiger partial charge on any atom is 0.256 e. The number of thiophene rings is 1. The van der Waals surface area contributed by atoms with Crippen LogP contribution in [0.15, 0.2) is 24.3 Å². The van der Waals surface area contributed by atoms with Gasteiger partial charge in [0.1, 0.15) is 10.8 Å². The number of benzene rings is 1. The summed E-state index contributed by atoms with van der Waals surface area (Å²) in [5.74, 6) is -0.686. The van der Waals surface area contributed by atoms with Crippen molar-refractivity contribution in [2.24, 2.45) is 5.92 Å². The van der Waals surface area contributed by atoms with E-state index in [4.69, 9.17) is 0 Å². The number of anilines is 1. The standard InChI is InChI=1S/C21H23FN2O4S2/c1-12-2-7-16-17(10-12)29-21(24-19(25)13-3-5-14(22)6-4-13)18(16)20(26)23-15-8-9-30(27,28)11-15/h3-6,12,15H,2,7-11H2,1H3,(H,23,26)(H,24,25)/t12-,15-/m0/s1. The summed E-state index contributed by atoms with van der Waals surface area (Å²) in [6.45, 7) is 2.16. The molecule has 0 spiro atoms. The maximum atomic E-state index is 13.2. The van der Waals surface area contributed by atoms with E-state index in [1.807, 2.05) is 0 Å². The van der Waals surface area contributed by atoms with E-state index in [2.05, 4.69) is 17.6 Å². The Labute approximate surface area is 178 Å². The predicted octanol–water partition coefficient (Wildman–Crippen LogP) is 3.18. The Bertz CT molecular complexity index is 1090. The number of hydrogen-bond acceptors (Lipinski definition) is 5. The first-order valence-electron chi connectivity index (χ1n) is 9.94. The topological polar surface area (TPSA) is 92.3 Å². The van der Waals surface area contributed by atoms with E-state index in [1.54, 1.807) is 0 Å². The number of nitrogens with one attached hydrogen (secondary N) is 2. The van der Waals surface area contributed by atoms with Crippen molar-refractivity contribution in [2.75, 3.05) is 16.8 Å². The van der Waals surface area contributed by atoms with E-state index in [9.17, 15) is 22.4 Å². The van der Waals surface area contributed by atoms with Crippen molar-refractivity contribution < 1.29 is 22.4 Å². The fraction of sp³-hybridized carbons (Fsp3) is 0.429. The molecule has 30 heavy (non-hydrogen) atoms. The average molecular weight is 451 g/mol. The molecule has 2 aliphatic rings. The van der Waals surface area contributed by atoms with Gasteiger partial charge in [-0.25, -0.2) is 12.8 Å². The lowest BCUT2D eigenvalue weighted by atomic mass is 9.88. The van der Waals surface area contributed by atoms with Crippen LogP contribution in [-0.4, -0.2) is 37.8 Å². The zero-order chi connectivity index (χ0) is 21.5. The molecule has 9 heteroatoms. The first kappa shape index (κ1) is 21.0. The first-order chi connectivity index (χ1) is 14.2. The van der Waals surface area contributed by atoms with Gasteiger partial charge in [-0.2, -0.15) is 0 Å². The Kier molecular flexibility index (Phi) is 5.67. The number of fused-ring (bicyclic) bond motifs is 1. The summed E-state index contributed by atoms with van der Waals surface area (Å²) in [5, 5.41) is 6.13. The fourth-order valence-electron chi connectivity index (χ4n) is 4.02. The number of hydrogen-bond donors (Lipinski definition) is 2. The van der Waals surface area contributed by atoms with E-state index >= 15 is 0 Å². The van der Waals surface area contributed by atoms with Crippen molar-refractivity contribution in [1.29, 1.82) is 0 Å². The second-order valence-corrected chi connectivity index (χ2v) is 11.4. The Morgan fingerprint density at radius 1 is 1.13 bits per heavy atom. The van der Waals surface area contributed by atoms with E-state index in [1.165, 1.54) is 35.6 Å². The lowest BCUT2D eigenvalue weighted by molar-refractivity contribution is 0.0941. The minimum absolute atomic E-state index is 0.0562. The molecule has 0 radical (unpaired) electrons. The highest BCUT2D eigenvalue weighted by Gasteiger charge is 2.33. The lowest BCUT2D eigenvalue weighted by Crippen LogP contribution is -2.36. The van der Waals surface area contributed by atoms with Gasteiger partial charge in [0, 0.05) is 16.5 Å². The van der Waals surface area contributed by atoms with Crippen LogP contribution < -0.4 is 10.6 Å². The van der Waals surface area contributed by atoms with Crippen LogP contribution in [0.3, 0.4) is 0 Å². The van der Waals surface area contributed by atoms with Crippen LogP contribution in [0, 0.1) is 11.7 Å². The Morgan fingerprint density at radius 2 is 1.87 bits per heavy atom. The summed E-state index contributed by atoms with van der Waals surface area (Å²) in [4.78, 5) is 26.9. The molecule has 2 N–H and O–H groups in total. The monoisotopic (exact) mass is 450 g/mol. The maximum absolute atomic E-state index is 13.2. The van der Waals surface area contributed by atoms with Gasteiger partial charge in [-0.15, -0.1) is 11.3 Å². The highest BCUT2D eigenvalue weighted by atomic mass is 32.2. The van der Waals surface area contributed by atoms with Gasteiger partial charge in [0.05, 0.1) is 17.1 Å². The third-order valence-corrected chi connectivity index (χ3v) is 8.58. The number of carbonyl (C=O) groups excluding carboxylic acids is 2. The molecule has 2 aromatic rings. The minimum atomic E-state index is -3.12. The molecule has 1 saturated heterocycles. The molecule has 6 nitrogen and oxygen atoms in total.